The first-order valence-corrected chi connectivity index (χ1v) is 7.63. The van der Waals surface area contributed by atoms with Crippen LogP contribution in [0.5, 0.6) is 5.75 Å². The van der Waals surface area contributed by atoms with Crippen molar-refractivity contribution < 1.29 is 18.7 Å². The molecule has 1 heterocycles. The molecule has 1 aromatic carbocycles. The number of amides is 2. The van der Waals surface area contributed by atoms with Crippen LogP contribution in [0.2, 0.25) is 0 Å². The number of terminal acetylenes is 1. The third-order valence-corrected chi connectivity index (χ3v) is 3.63. The lowest BCUT2D eigenvalue weighted by molar-refractivity contribution is 0.113. The van der Waals surface area contributed by atoms with Crippen LogP contribution in [0, 0.1) is 24.1 Å². The van der Waals surface area contributed by atoms with Gasteiger partial charge in [0.2, 0.25) is 0 Å². The number of halogens is 1. The summed E-state index contributed by atoms with van der Waals surface area (Å²) in [5, 5.41) is 2.75. The number of hydrogen-bond acceptors (Lipinski definition) is 3. The maximum atomic E-state index is 13.3. The molecule has 0 aliphatic carbocycles. The molecular formula is C17H21FN2O3. The van der Waals surface area contributed by atoms with E-state index < -0.39 is 5.82 Å². The van der Waals surface area contributed by atoms with E-state index >= 15 is 0 Å². The maximum Gasteiger partial charge on any atom is 0.321 e. The van der Waals surface area contributed by atoms with Crippen LogP contribution in [0.3, 0.4) is 0 Å². The normalized spacial score (nSPS) is 16.9. The van der Waals surface area contributed by atoms with Crippen molar-refractivity contribution in [2.45, 2.75) is 13.3 Å². The highest BCUT2D eigenvalue weighted by Gasteiger charge is 2.26. The molecule has 1 unspecified atom stereocenters. The van der Waals surface area contributed by atoms with Crippen molar-refractivity contribution in [3.8, 4) is 18.1 Å². The molecule has 1 aliphatic heterocycles. The molecule has 1 aromatic rings. The Balaban J connectivity index is 1.96. The van der Waals surface area contributed by atoms with Crippen molar-refractivity contribution in [3.05, 3.63) is 24.0 Å². The first kappa shape index (κ1) is 17.1. The van der Waals surface area contributed by atoms with Crippen LogP contribution in [-0.2, 0) is 4.74 Å². The SMILES string of the molecule is C#CCOc1cc(F)ccc1NC(=O)N1CCC(COCC)C1. The number of benzene rings is 1. The molecule has 0 saturated carbocycles. The second-order valence-corrected chi connectivity index (χ2v) is 5.32. The average molecular weight is 320 g/mol. The molecule has 1 aliphatic rings. The van der Waals surface area contributed by atoms with Crippen LogP contribution in [0.25, 0.3) is 0 Å². The fourth-order valence-electron chi connectivity index (χ4n) is 2.47. The quantitative estimate of drug-likeness (QED) is 0.820. The molecular weight excluding hydrogens is 299 g/mol. The zero-order chi connectivity index (χ0) is 16.7. The summed E-state index contributed by atoms with van der Waals surface area (Å²) < 4.78 is 24.0. The number of nitrogens with one attached hydrogen (secondary N) is 1. The number of rotatable bonds is 6. The van der Waals surface area contributed by atoms with E-state index in [2.05, 4.69) is 11.2 Å². The average Bonchev–Trinajstić information content (AvgIpc) is 3.02. The Morgan fingerprint density at radius 2 is 2.39 bits per heavy atom. The molecule has 0 bridgehead atoms. The molecule has 23 heavy (non-hydrogen) atoms. The molecule has 0 aromatic heterocycles. The van der Waals surface area contributed by atoms with Crippen molar-refractivity contribution in [3.63, 3.8) is 0 Å². The lowest BCUT2D eigenvalue weighted by atomic mass is 10.1. The molecule has 1 atom stereocenters. The smallest absolute Gasteiger partial charge is 0.321 e. The second-order valence-electron chi connectivity index (χ2n) is 5.32. The lowest BCUT2D eigenvalue weighted by Crippen LogP contribution is -2.33. The van der Waals surface area contributed by atoms with E-state index in [9.17, 15) is 9.18 Å². The van der Waals surface area contributed by atoms with E-state index in [0.717, 1.165) is 6.42 Å². The van der Waals surface area contributed by atoms with Gasteiger partial charge < -0.3 is 19.7 Å². The van der Waals surface area contributed by atoms with Gasteiger partial charge in [-0.3, -0.25) is 0 Å². The number of carbonyl (C=O) groups excluding carboxylic acids is 1. The number of urea groups is 1. The first-order valence-electron chi connectivity index (χ1n) is 7.63. The summed E-state index contributed by atoms with van der Waals surface area (Å²) in [5.74, 6) is 2.44. The summed E-state index contributed by atoms with van der Waals surface area (Å²) in [6.45, 7) is 4.61. The first-order chi connectivity index (χ1) is 11.1. The summed E-state index contributed by atoms with van der Waals surface area (Å²) in [6, 6.07) is 3.70. The van der Waals surface area contributed by atoms with Crippen LogP contribution in [-0.4, -0.2) is 43.8 Å². The predicted octanol–water partition coefficient (Wildman–Crippen LogP) is 2.73. The number of hydrogen-bond donors (Lipinski definition) is 1. The highest BCUT2D eigenvalue weighted by Crippen LogP contribution is 2.26. The Morgan fingerprint density at radius 1 is 1.57 bits per heavy atom. The molecule has 5 nitrogen and oxygen atoms in total. The molecule has 124 valence electrons. The number of anilines is 1. The highest BCUT2D eigenvalue weighted by atomic mass is 19.1. The van der Waals surface area contributed by atoms with Crippen LogP contribution in [0.4, 0.5) is 14.9 Å². The van der Waals surface area contributed by atoms with Gasteiger partial charge in [-0.2, -0.15) is 0 Å². The van der Waals surface area contributed by atoms with Gasteiger partial charge in [-0.25, -0.2) is 9.18 Å². The Kier molecular flexibility index (Phi) is 6.24. The summed E-state index contributed by atoms with van der Waals surface area (Å²) in [6.07, 6.45) is 6.06. The fraction of sp³-hybridized carbons (Fsp3) is 0.471. The van der Waals surface area contributed by atoms with Gasteiger partial charge in [0.05, 0.1) is 12.3 Å². The molecule has 1 N–H and O–H groups in total. The van der Waals surface area contributed by atoms with Gasteiger partial charge >= 0.3 is 6.03 Å². The summed E-state index contributed by atoms with van der Waals surface area (Å²) >= 11 is 0. The van der Waals surface area contributed by atoms with Gasteiger partial charge in [-0.15, -0.1) is 6.42 Å². The lowest BCUT2D eigenvalue weighted by Gasteiger charge is -2.19. The van der Waals surface area contributed by atoms with Crippen molar-refractivity contribution in [2.75, 3.05) is 38.2 Å². The number of carbonyl (C=O) groups is 1. The van der Waals surface area contributed by atoms with Crippen molar-refractivity contribution in [2.24, 2.45) is 5.92 Å². The highest BCUT2D eigenvalue weighted by molar-refractivity contribution is 5.91. The van der Waals surface area contributed by atoms with E-state index in [-0.39, 0.29) is 18.4 Å². The van der Waals surface area contributed by atoms with E-state index in [1.807, 2.05) is 6.92 Å². The minimum atomic E-state index is -0.451. The van der Waals surface area contributed by atoms with Crippen LogP contribution in [0.15, 0.2) is 18.2 Å². The summed E-state index contributed by atoms with van der Waals surface area (Å²) in [4.78, 5) is 14.0. The fourth-order valence-corrected chi connectivity index (χ4v) is 2.47. The maximum absolute atomic E-state index is 13.3. The van der Waals surface area contributed by atoms with E-state index in [1.165, 1.54) is 18.2 Å². The van der Waals surface area contributed by atoms with Crippen molar-refractivity contribution in [1.82, 2.24) is 4.90 Å². The number of likely N-dealkylation sites (tertiary alicyclic amines) is 1. The number of nitrogens with zero attached hydrogens (tertiary/aromatic N) is 1. The minimum Gasteiger partial charge on any atom is -0.479 e. The molecule has 1 saturated heterocycles. The Hall–Kier alpha value is -2.26. The van der Waals surface area contributed by atoms with E-state index in [0.29, 0.717) is 37.9 Å². The van der Waals surface area contributed by atoms with E-state index in [4.69, 9.17) is 15.9 Å². The molecule has 0 radical (unpaired) electrons. The topological polar surface area (TPSA) is 50.8 Å². The second kappa shape index (κ2) is 8.39. The molecule has 1 fully saturated rings. The van der Waals surface area contributed by atoms with E-state index in [1.54, 1.807) is 4.90 Å². The van der Waals surface area contributed by atoms with Gasteiger partial charge in [-0.1, -0.05) is 5.92 Å². The third-order valence-electron chi connectivity index (χ3n) is 3.63. The Bertz CT molecular complexity index is 586. The van der Waals surface area contributed by atoms with Crippen LogP contribution < -0.4 is 10.1 Å². The molecule has 0 spiro atoms. The molecule has 6 heteroatoms. The zero-order valence-corrected chi connectivity index (χ0v) is 13.2. The molecule has 2 amide bonds. The Morgan fingerprint density at radius 3 is 3.13 bits per heavy atom. The van der Waals surface area contributed by atoms with Gasteiger partial charge in [-0.05, 0) is 25.5 Å². The van der Waals surface area contributed by atoms with Gasteiger partial charge in [0.1, 0.15) is 18.2 Å². The summed E-state index contributed by atoms with van der Waals surface area (Å²) in [5.41, 5.74) is 0.403. The monoisotopic (exact) mass is 320 g/mol. The summed E-state index contributed by atoms with van der Waals surface area (Å²) in [7, 11) is 0. The largest absolute Gasteiger partial charge is 0.479 e. The standard InChI is InChI=1S/C17H21FN2O3/c1-3-9-23-16-10-14(18)5-6-15(16)19-17(21)20-8-7-13(11-20)12-22-4-2/h1,5-6,10,13H,4,7-9,11-12H2,2H3,(H,19,21). The van der Waals surface area contributed by atoms with Gasteiger partial charge in [0.15, 0.2) is 0 Å². The number of ether oxygens (including phenoxy) is 2. The van der Waals surface area contributed by atoms with Gasteiger partial charge in [0.25, 0.3) is 0 Å². The minimum absolute atomic E-state index is 0.00642. The predicted molar refractivity (Wildman–Crippen MR) is 85.9 cm³/mol. The van der Waals surface area contributed by atoms with Gasteiger partial charge in [0, 0.05) is 31.7 Å². The Labute approximate surface area is 135 Å². The third kappa shape index (κ3) is 4.86. The van der Waals surface area contributed by atoms with Crippen molar-refractivity contribution in [1.29, 1.82) is 0 Å². The van der Waals surface area contributed by atoms with Crippen LogP contribution in [0.1, 0.15) is 13.3 Å². The van der Waals surface area contributed by atoms with Crippen LogP contribution >= 0.6 is 0 Å². The molecule has 2 rings (SSSR count). The van der Waals surface area contributed by atoms with Crippen molar-refractivity contribution >= 4 is 11.7 Å². The zero-order valence-electron chi connectivity index (χ0n) is 13.2.